The van der Waals surface area contributed by atoms with Gasteiger partial charge in [-0.2, -0.15) is 0 Å². The number of carbonyl (C=O) groups is 2. The number of likely N-dealkylation sites (N-methyl/N-ethyl adjacent to an activating group) is 1. The fourth-order valence-electron chi connectivity index (χ4n) is 2.28. The Hall–Kier alpha value is -2.82. The Morgan fingerprint density at radius 1 is 1.25 bits per heavy atom. The fraction of sp³-hybridized carbons (Fsp3) is 0.263. The molecule has 0 unspecified atom stereocenters. The molecular formula is C19H20N2O3. The molecule has 1 fully saturated rings. The summed E-state index contributed by atoms with van der Waals surface area (Å²) in [4.78, 5) is 25.6. The summed E-state index contributed by atoms with van der Waals surface area (Å²) in [5, 5.41) is 2.96. The maximum Gasteiger partial charge on any atom is 0.251 e. The van der Waals surface area contributed by atoms with E-state index >= 15 is 0 Å². The molecule has 2 amide bonds. The van der Waals surface area contributed by atoms with Crippen LogP contribution in [0.25, 0.3) is 6.08 Å². The number of benzene rings is 1. The molecule has 124 valence electrons. The van der Waals surface area contributed by atoms with E-state index in [1.54, 1.807) is 48.6 Å². The van der Waals surface area contributed by atoms with Crippen LogP contribution in [0, 0.1) is 0 Å². The van der Waals surface area contributed by atoms with Crippen molar-refractivity contribution < 1.29 is 14.0 Å². The van der Waals surface area contributed by atoms with E-state index < -0.39 is 0 Å². The highest BCUT2D eigenvalue weighted by molar-refractivity contribution is 5.94. The molecule has 1 aromatic heterocycles. The van der Waals surface area contributed by atoms with Crippen LogP contribution in [-0.4, -0.2) is 29.8 Å². The third kappa shape index (κ3) is 4.35. The highest BCUT2D eigenvalue weighted by atomic mass is 16.3. The van der Waals surface area contributed by atoms with Gasteiger partial charge in [-0.1, -0.05) is 12.1 Å². The first-order valence-electron chi connectivity index (χ1n) is 7.98. The quantitative estimate of drug-likeness (QED) is 0.831. The van der Waals surface area contributed by atoms with Crippen LogP contribution in [0.1, 0.15) is 34.5 Å². The van der Waals surface area contributed by atoms with E-state index in [4.69, 9.17) is 4.42 Å². The lowest BCUT2D eigenvalue weighted by atomic mass is 10.1. The number of carbonyl (C=O) groups excluding carboxylic acids is 2. The predicted molar refractivity (Wildman–Crippen MR) is 91.1 cm³/mol. The van der Waals surface area contributed by atoms with Gasteiger partial charge in [0.25, 0.3) is 5.91 Å². The Balaban J connectivity index is 1.54. The zero-order valence-electron chi connectivity index (χ0n) is 13.6. The second kappa shape index (κ2) is 7.17. The van der Waals surface area contributed by atoms with Gasteiger partial charge in [-0.25, -0.2) is 0 Å². The normalized spacial score (nSPS) is 13.9. The number of hydrogen-bond donors (Lipinski definition) is 1. The van der Waals surface area contributed by atoms with Gasteiger partial charge in [-0.05, 0) is 48.7 Å². The van der Waals surface area contributed by atoms with Crippen LogP contribution in [0.3, 0.4) is 0 Å². The monoisotopic (exact) mass is 324 g/mol. The van der Waals surface area contributed by atoms with Gasteiger partial charge in [0.2, 0.25) is 5.91 Å². The summed E-state index contributed by atoms with van der Waals surface area (Å²) in [5.74, 6) is 0.500. The van der Waals surface area contributed by atoms with Crippen LogP contribution >= 0.6 is 0 Å². The summed E-state index contributed by atoms with van der Waals surface area (Å²) >= 11 is 0. The topological polar surface area (TPSA) is 62.6 Å². The Kier molecular flexibility index (Phi) is 4.79. The molecule has 1 N–H and O–H groups in total. The van der Waals surface area contributed by atoms with Crippen LogP contribution in [0.5, 0.6) is 0 Å². The standard InChI is InChI=1S/C19H20N2O3/c1-21(18(22)11-10-17-3-2-12-24-17)13-14-4-6-15(7-5-14)19(23)20-16-8-9-16/h2-7,10-12,16H,8-9,13H2,1H3,(H,20,23)/b11-10+. The van der Waals surface area contributed by atoms with E-state index in [1.165, 1.54) is 6.08 Å². The van der Waals surface area contributed by atoms with Gasteiger partial charge in [0.15, 0.2) is 0 Å². The number of rotatable bonds is 6. The van der Waals surface area contributed by atoms with E-state index in [1.807, 2.05) is 12.1 Å². The molecule has 5 heteroatoms. The minimum atomic E-state index is -0.109. The van der Waals surface area contributed by atoms with Gasteiger partial charge in [0.05, 0.1) is 6.26 Å². The van der Waals surface area contributed by atoms with Crippen molar-refractivity contribution in [2.75, 3.05) is 7.05 Å². The van der Waals surface area contributed by atoms with Gasteiger partial charge in [-0.15, -0.1) is 0 Å². The number of furan rings is 1. The molecule has 0 spiro atoms. The first-order valence-corrected chi connectivity index (χ1v) is 7.98. The van der Waals surface area contributed by atoms with Gasteiger partial charge < -0.3 is 14.6 Å². The van der Waals surface area contributed by atoms with Crippen molar-refractivity contribution in [3.05, 3.63) is 65.6 Å². The predicted octanol–water partition coefficient (Wildman–Crippen LogP) is 2.84. The van der Waals surface area contributed by atoms with Crippen LogP contribution in [-0.2, 0) is 11.3 Å². The van der Waals surface area contributed by atoms with Crippen molar-refractivity contribution in [3.63, 3.8) is 0 Å². The van der Waals surface area contributed by atoms with Crippen molar-refractivity contribution in [2.24, 2.45) is 0 Å². The Morgan fingerprint density at radius 3 is 2.62 bits per heavy atom. The third-order valence-corrected chi connectivity index (χ3v) is 3.86. The third-order valence-electron chi connectivity index (χ3n) is 3.86. The molecule has 2 aromatic rings. The van der Waals surface area contributed by atoms with Crippen LogP contribution in [0.2, 0.25) is 0 Å². The average Bonchev–Trinajstić information content (AvgIpc) is 3.24. The van der Waals surface area contributed by atoms with Crippen LogP contribution in [0.4, 0.5) is 0 Å². The highest BCUT2D eigenvalue weighted by Crippen LogP contribution is 2.19. The van der Waals surface area contributed by atoms with Gasteiger partial charge in [-0.3, -0.25) is 9.59 Å². The fourth-order valence-corrected chi connectivity index (χ4v) is 2.28. The van der Waals surface area contributed by atoms with Crippen molar-refractivity contribution >= 4 is 17.9 Å². The molecule has 0 saturated heterocycles. The second-order valence-corrected chi connectivity index (χ2v) is 5.99. The molecule has 1 aliphatic carbocycles. The largest absolute Gasteiger partial charge is 0.465 e. The molecule has 1 aromatic carbocycles. The maximum absolute atomic E-state index is 12.1. The lowest BCUT2D eigenvalue weighted by Crippen LogP contribution is -2.26. The summed E-state index contributed by atoms with van der Waals surface area (Å²) in [7, 11) is 1.74. The van der Waals surface area contributed by atoms with E-state index in [0.29, 0.717) is 23.9 Å². The summed E-state index contributed by atoms with van der Waals surface area (Å²) in [6, 6.07) is 11.3. The lowest BCUT2D eigenvalue weighted by molar-refractivity contribution is -0.125. The van der Waals surface area contributed by atoms with Crippen molar-refractivity contribution in [1.82, 2.24) is 10.2 Å². The number of hydrogen-bond acceptors (Lipinski definition) is 3. The molecular weight excluding hydrogens is 304 g/mol. The average molecular weight is 324 g/mol. The molecule has 0 atom stereocenters. The van der Waals surface area contributed by atoms with E-state index in [0.717, 1.165) is 18.4 Å². The molecule has 1 aliphatic rings. The SMILES string of the molecule is CN(Cc1ccc(C(=O)NC2CC2)cc1)C(=O)/C=C/c1ccco1. The van der Waals surface area contributed by atoms with E-state index in [9.17, 15) is 9.59 Å². The van der Waals surface area contributed by atoms with E-state index in [2.05, 4.69) is 5.32 Å². The van der Waals surface area contributed by atoms with Crippen molar-refractivity contribution in [1.29, 1.82) is 0 Å². The minimum absolute atomic E-state index is 0.0325. The molecule has 0 radical (unpaired) electrons. The number of amides is 2. The molecule has 1 heterocycles. The number of nitrogens with zero attached hydrogens (tertiary/aromatic N) is 1. The van der Waals surface area contributed by atoms with E-state index in [-0.39, 0.29) is 11.8 Å². The molecule has 0 bridgehead atoms. The number of nitrogens with one attached hydrogen (secondary N) is 1. The van der Waals surface area contributed by atoms with Gasteiger partial charge >= 0.3 is 0 Å². The Bertz CT molecular complexity index is 728. The Labute approximate surface area is 141 Å². The maximum atomic E-state index is 12.1. The smallest absolute Gasteiger partial charge is 0.251 e. The molecule has 3 rings (SSSR count). The van der Waals surface area contributed by atoms with Crippen molar-refractivity contribution in [2.45, 2.75) is 25.4 Å². The summed E-state index contributed by atoms with van der Waals surface area (Å²) in [6.45, 7) is 0.478. The summed E-state index contributed by atoms with van der Waals surface area (Å²) in [6.07, 6.45) is 6.83. The lowest BCUT2D eigenvalue weighted by Gasteiger charge is -2.15. The minimum Gasteiger partial charge on any atom is -0.465 e. The van der Waals surface area contributed by atoms with Gasteiger partial charge in [0, 0.05) is 31.3 Å². The molecule has 5 nitrogen and oxygen atoms in total. The van der Waals surface area contributed by atoms with Crippen LogP contribution in [0.15, 0.2) is 53.2 Å². The van der Waals surface area contributed by atoms with Crippen LogP contribution < -0.4 is 5.32 Å². The molecule has 0 aliphatic heterocycles. The molecule has 1 saturated carbocycles. The first kappa shape index (κ1) is 16.1. The zero-order chi connectivity index (χ0) is 16.9. The van der Waals surface area contributed by atoms with Crippen molar-refractivity contribution in [3.8, 4) is 0 Å². The summed E-state index contributed by atoms with van der Waals surface area (Å²) < 4.78 is 5.15. The van der Waals surface area contributed by atoms with Gasteiger partial charge in [0.1, 0.15) is 5.76 Å². The molecule has 24 heavy (non-hydrogen) atoms. The Morgan fingerprint density at radius 2 is 2.00 bits per heavy atom. The first-order chi connectivity index (χ1) is 11.6. The summed E-state index contributed by atoms with van der Waals surface area (Å²) in [5.41, 5.74) is 1.62. The second-order valence-electron chi connectivity index (χ2n) is 5.99. The zero-order valence-corrected chi connectivity index (χ0v) is 13.6. The highest BCUT2D eigenvalue weighted by Gasteiger charge is 2.23.